The van der Waals surface area contributed by atoms with Crippen molar-refractivity contribution < 1.29 is 0 Å². The molecule has 114 valence electrons. The molecule has 1 fully saturated rings. The molecule has 1 aromatic rings. The van der Waals surface area contributed by atoms with Gasteiger partial charge in [0.15, 0.2) is 0 Å². The molecule has 1 saturated heterocycles. The Morgan fingerprint density at radius 3 is 2.20 bits per heavy atom. The van der Waals surface area contributed by atoms with Gasteiger partial charge in [0.1, 0.15) is 0 Å². The highest BCUT2D eigenvalue weighted by Crippen LogP contribution is 2.16. The molecule has 0 bridgehead atoms. The second-order valence-corrected chi connectivity index (χ2v) is 5.54. The molecule has 20 heavy (non-hydrogen) atoms. The van der Waals surface area contributed by atoms with Gasteiger partial charge in [0.2, 0.25) is 0 Å². The molecule has 0 amide bonds. The largest absolute Gasteiger partial charge is 0.368 e. The van der Waals surface area contributed by atoms with Gasteiger partial charge >= 0.3 is 0 Å². The van der Waals surface area contributed by atoms with Gasteiger partial charge in [-0.25, -0.2) is 0 Å². The fraction of sp³-hybridized carbons (Fsp3) is 0.706. The molecule has 1 aromatic heterocycles. The van der Waals surface area contributed by atoms with Crippen molar-refractivity contribution in [2.24, 2.45) is 5.92 Å². The number of pyridine rings is 1. The van der Waals surface area contributed by atoms with Crippen molar-refractivity contribution in [1.82, 2.24) is 9.88 Å². The van der Waals surface area contributed by atoms with Crippen LogP contribution in [-0.4, -0.2) is 42.6 Å². The minimum Gasteiger partial charge on any atom is -0.368 e. The molecule has 1 aliphatic rings. The van der Waals surface area contributed by atoms with Crippen LogP contribution in [0.25, 0.3) is 0 Å². The molecule has 0 unspecified atom stereocenters. The highest BCUT2D eigenvalue weighted by atomic mass is 15.3. The minimum absolute atomic E-state index is 0.766. The quantitative estimate of drug-likeness (QED) is 0.840. The van der Waals surface area contributed by atoms with Crippen molar-refractivity contribution in [3.8, 4) is 0 Å². The third kappa shape index (κ3) is 5.12. The number of aryl methyl sites for hydroxylation is 1. The summed E-state index contributed by atoms with van der Waals surface area (Å²) in [5.74, 6) is 0.766. The zero-order valence-electron chi connectivity index (χ0n) is 13.9. The molecule has 1 aliphatic heterocycles. The maximum absolute atomic E-state index is 4.48. The SMILES string of the molecule is CC.CCc1ccc(N2CCN(CC(C)C)CC2)cn1. The van der Waals surface area contributed by atoms with Gasteiger partial charge in [0, 0.05) is 38.4 Å². The smallest absolute Gasteiger partial charge is 0.0553 e. The lowest BCUT2D eigenvalue weighted by atomic mass is 10.2. The van der Waals surface area contributed by atoms with E-state index in [4.69, 9.17) is 0 Å². The molecule has 2 rings (SSSR count). The van der Waals surface area contributed by atoms with E-state index in [1.165, 1.54) is 31.0 Å². The van der Waals surface area contributed by atoms with E-state index in [0.717, 1.165) is 25.4 Å². The highest BCUT2D eigenvalue weighted by molar-refractivity contribution is 5.45. The zero-order chi connectivity index (χ0) is 15.0. The summed E-state index contributed by atoms with van der Waals surface area (Å²) in [5.41, 5.74) is 2.45. The van der Waals surface area contributed by atoms with Crippen LogP contribution in [0.5, 0.6) is 0 Å². The average Bonchev–Trinajstić information content (AvgIpc) is 2.50. The van der Waals surface area contributed by atoms with E-state index >= 15 is 0 Å². The van der Waals surface area contributed by atoms with Crippen molar-refractivity contribution in [1.29, 1.82) is 0 Å². The van der Waals surface area contributed by atoms with E-state index in [0.29, 0.717) is 0 Å². The van der Waals surface area contributed by atoms with Gasteiger partial charge in [0.25, 0.3) is 0 Å². The van der Waals surface area contributed by atoms with Crippen LogP contribution in [0.2, 0.25) is 0 Å². The van der Waals surface area contributed by atoms with Gasteiger partial charge in [-0.05, 0) is 24.5 Å². The summed E-state index contributed by atoms with van der Waals surface area (Å²) in [5, 5.41) is 0. The molecule has 0 radical (unpaired) electrons. The van der Waals surface area contributed by atoms with Gasteiger partial charge in [-0.3, -0.25) is 9.88 Å². The lowest BCUT2D eigenvalue weighted by molar-refractivity contribution is 0.231. The summed E-state index contributed by atoms with van der Waals surface area (Å²) in [7, 11) is 0. The Balaban J connectivity index is 0.000000956. The molecule has 0 aromatic carbocycles. The number of rotatable bonds is 4. The zero-order valence-corrected chi connectivity index (χ0v) is 13.9. The third-order valence-corrected chi connectivity index (χ3v) is 3.53. The number of nitrogens with zero attached hydrogens (tertiary/aromatic N) is 3. The fourth-order valence-electron chi connectivity index (χ4n) is 2.52. The Kier molecular flexibility index (Phi) is 7.60. The molecule has 0 spiro atoms. The topological polar surface area (TPSA) is 19.4 Å². The predicted molar refractivity (Wildman–Crippen MR) is 88.5 cm³/mol. The van der Waals surface area contributed by atoms with Gasteiger partial charge < -0.3 is 4.90 Å². The molecule has 2 heterocycles. The first-order valence-electron chi connectivity index (χ1n) is 8.11. The number of anilines is 1. The summed E-state index contributed by atoms with van der Waals surface area (Å²) in [6.07, 6.45) is 3.04. The van der Waals surface area contributed by atoms with E-state index in [1.54, 1.807) is 0 Å². The van der Waals surface area contributed by atoms with E-state index in [1.807, 2.05) is 20.0 Å². The van der Waals surface area contributed by atoms with Crippen molar-refractivity contribution in [2.45, 2.75) is 41.0 Å². The highest BCUT2D eigenvalue weighted by Gasteiger charge is 2.17. The summed E-state index contributed by atoms with van der Waals surface area (Å²) in [6, 6.07) is 4.36. The molecule has 3 heteroatoms. The summed E-state index contributed by atoms with van der Waals surface area (Å²) in [4.78, 5) is 9.50. The second kappa shape index (κ2) is 8.96. The van der Waals surface area contributed by atoms with Crippen molar-refractivity contribution in [3.63, 3.8) is 0 Å². The Hall–Kier alpha value is -1.09. The van der Waals surface area contributed by atoms with Gasteiger partial charge in [-0.1, -0.05) is 34.6 Å². The molecule has 0 aliphatic carbocycles. The van der Waals surface area contributed by atoms with Gasteiger partial charge in [0.05, 0.1) is 11.9 Å². The standard InChI is InChI=1S/C15H25N3.C2H6/c1-4-14-5-6-15(11-16-14)18-9-7-17(8-10-18)12-13(2)3;1-2/h5-6,11,13H,4,7-10,12H2,1-3H3;1-2H3. The summed E-state index contributed by atoms with van der Waals surface area (Å²) in [6.45, 7) is 16.5. The fourth-order valence-corrected chi connectivity index (χ4v) is 2.52. The predicted octanol–water partition coefficient (Wildman–Crippen LogP) is 3.45. The first kappa shape index (κ1) is 17.0. The summed E-state index contributed by atoms with van der Waals surface area (Å²) >= 11 is 0. The Morgan fingerprint density at radius 2 is 1.75 bits per heavy atom. The monoisotopic (exact) mass is 277 g/mol. The van der Waals surface area contributed by atoms with Crippen LogP contribution in [0, 0.1) is 5.92 Å². The van der Waals surface area contributed by atoms with Crippen LogP contribution in [0.4, 0.5) is 5.69 Å². The van der Waals surface area contributed by atoms with Crippen LogP contribution in [0.15, 0.2) is 18.3 Å². The third-order valence-electron chi connectivity index (χ3n) is 3.53. The first-order valence-corrected chi connectivity index (χ1v) is 8.11. The maximum Gasteiger partial charge on any atom is 0.0553 e. The van der Waals surface area contributed by atoms with Crippen molar-refractivity contribution >= 4 is 5.69 Å². The number of hydrogen-bond acceptors (Lipinski definition) is 3. The Morgan fingerprint density at radius 1 is 1.10 bits per heavy atom. The van der Waals surface area contributed by atoms with E-state index in [2.05, 4.69) is 47.7 Å². The molecule has 0 atom stereocenters. The summed E-state index contributed by atoms with van der Waals surface area (Å²) < 4.78 is 0. The van der Waals surface area contributed by atoms with E-state index < -0.39 is 0 Å². The lowest BCUT2D eigenvalue weighted by Gasteiger charge is -2.36. The van der Waals surface area contributed by atoms with Crippen LogP contribution in [-0.2, 0) is 6.42 Å². The van der Waals surface area contributed by atoms with Crippen molar-refractivity contribution in [2.75, 3.05) is 37.6 Å². The van der Waals surface area contributed by atoms with Crippen LogP contribution >= 0.6 is 0 Å². The minimum atomic E-state index is 0.766. The molecule has 0 saturated carbocycles. The Labute approximate surface area is 125 Å². The molecular weight excluding hydrogens is 246 g/mol. The van der Waals surface area contributed by atoms with E-state index in [-0.39, 0.29) is 0 Å². The van der Waals surface area contributed by atoms with Gasteiger partial charge in [-0.15, -0.1) is 0 Å². The average molecular weight is 277 g/mol. The number of aromatic nitrogens is 1. The van der Waals surface area contributed by atoms with Crippen LogP contribution < -0.4 is 4.90 Å². The Bertz CT molecular complexity index is 351. The lowest BCUT2D eigenvalue weighted by Crippen LogP contribution is -2.47. The maximum atomic E-state index is 4.48. The molecule has 0 N–H and O–H groups in total. The normalized spacial score (nSPS) is 16.0. The first-order chi connectivity index (χ1) is 9.69. The van der Waals surface area contributed by atoms with Crippen molar-refractivity contribution in [3.05, 3.63) is 24.0 Å². The van der Waals surface area contributed by atoms with Crippen LogP contribution in [0.1, 0.15) is 40.3 Å². The van der Waals surface area contributed by atoms with E-state index in [9.17, 15) is 0 Å². The number of piperazine rings is 1. The molecule has 3 nitrogen and oxygen atoms in total. The van der Waals surface area contributed by atoms with Crippen LogP contribution in [0.3, 0.4) is 0 Å². The number of hydrogen-bond donors (Lipinski definition) is 0. The second-order valence-electron chi connectivity index (χ2n) is 5.54. The van der Waals surface area contributed by atoms with Gasteiger partial charge in [-0.2, -0.15) is 0 Å². The molecular formula is C17H31N3.